The molecule has 1 N–H and O–H groups in total. The summed E-state index contributed by atoms with van der Waals surface area (Å²) in [7, 11) is 1.30. The van der Waals surface area contributed by atoms with Crippen molar-refractivity contribution in [3.63, 3.8) is 0 Å². The molecule has 0 aromatic carbocycles. The molecule has 5 nitrogen and oxygen atoms in total. The summed E-state index contributed by atoms with van der Waals surface area (Å²) in [5.74, 6) is 0.171. The van der Waals surface area contributed by atoms with Gasteiger partial charge in [-0.05, 0) is 18.8 Å². The Hall–Kier alpha value is -1.10. The fourth-order valence-corrected chi connectivity index (χ4v) is 2.10. The molecule has 0 radical (unpaired) electrons. The van der Waals surface area contributed by atoms with Gasteiger partial charge in [-0.2, -0.15) is 0 Å². The van der Waals surface area contributed by atoms with Crippen LogP contribution in [-0.2, 0) is 14.3 Å². The second-order valence-electron chi connectivity index (χ2n) is 5.68. The number of hydrogen-bond acceptors (Lipinski definition) is 4. The number of carbonyl (C=O) groups is 2. The van der Waals surface area contributed by atoms with Gasteiger partial charge in [0.05, 0.1) is 13.2 Å². The highest BCUT2D eigenvalue weighted by molar-refractivity contribution is 5.91. The monoisotopic (exact) mass is 257 g/mol. The van der Waals surface area contributed by atoms with Crippen LogP contribution in [0.15, 0.2) is 0 Å². The van der Waals surface area contributed by atoms with Crippen LogP contribution < -0.4 is 5.32 Å². The zero-order chi connectivity index (χ0) is 13.8. The van der Waals surface area contributed by atoms with E-state index >= 15 is 0 Å². The lowest BCUT2D eigenvalue weighted by molar-refractivity contribution is -0.130. The zero-order valence-corrected chi connectivity index (χ0v) is 11.6. The molecular weight excluding hydrogens is 234 g/mol. The summed E-state index contributed by atoms with van der Waals surface area (Å²) in [5.41, 5.74) is -0.482. The van der Waals surface area contributed by atoms with Crippen molar-refractivity contribution in [3.8, 4) is 0 Å². The molecule has 0 aromatic rings. The summed E-state index contributed by atoms with van der Waals surface area (Å²) in [5, 5.41) is 2.68. The van der Waals surface area contributed by atoms with Gasteiger partial charge >= 0.3 is 6.09 Å². The molecule has 1 unspecified atom stereocenters. The van der Waals surface area contributed by atoms with Gasteiger partial charge in [-0.25, -0.2) is 4.79 Å². The van der Waals surface area contributed by atoms with Crippen molar-refractivity contribution in [3.05, 3.63) is 0 Å². The number of ether oxygens (including phenoxy) is 2. The van der Waals surface area contributed by atoms with E-state index in [1.165, 1.54) is 7.11 Å². The van der Waals surface area contributed by atoms with Gasteiger partial charge in [0.25, 0.3) is 0 Å². The molecule has 1 heterocycles. The van der Waals surface area contributed by atoms with Crippen molar-refractivity contribution in [1.82, 2.24) is 5.32 Å². The second kappa shape index (κ2) is 6.18. The molecule has 104 valence electrons. The minimum Gasteiger partial charge on any atom is -0.453 e. The number of amides is 1. The van der Waals surface area contributed by atoms with Crippen molar-refractivity contribution in [2.45, 2.75) is 39.7 Å². The summed E-state index contributed by atoms with van der Waals surface area (Å²) in [4.78, 5) is 23.8. The number of carbonyl (C=O) groups excluding carboxylic acids is 2. The molecule has 0 bridgehead atoms. The van der Waals surface area contributed by atoms with Gasteiger partial charge in [-0.3, -0.25) is 4.79 Å². The lowest BCUT2D eigenvalue weighted by Crippen LogP contribution is -2.51. The first-order valence-corrected chi connectivity index (χ1v) is 6.33. The minimum atomic E-state index is -0.552. The molecule has 5 heteroatoms. The summed E-state index contributed by atoms with van der Waals surface area (Å²) >= 11 is 0. The Morgan fingerprint density at radius 1 is 1.28 bits per heavy atom. The van der Waals surface area contributed by atoms with Crippen LogP contribution in [0.25, 0.3) is 0 Å². The maximum atomic E-state index is 12.4. The molecule has 18 heavy (non-hydrogen) atoms. The maximum absolute atomic E-state index is 12.4. The van der Waals surface area contributed by atoms with Crippen molar-refractivity contribution in [2.75, 3.05) is 20.3 Å². The first-order chi connectivity index (χ1) is 8.36. The normalized spacial score (nSPS) is 19.1. The van der Waals surface area contributed by atoms with E-state index in [-0.39, 0.29) is 11.7 Å². The lowest BCUT2D eigenvalue weighted by atomic mass is 9.79. The van der Waals surface area contributed by atoms with Crippen molar-refractivity contribution in [2.24, 2.45) is 11.3 Å². The summed E-state index contributed by atoms with van der Waals surface area (Å²) in [6, 6.07) is -0.485. The van der Waals surface area contributed by atoms with Gasteiger partial charge in [0.15, 0.2) is 5.78 Å². The Labute approximate surface area is 108 Å². The van der Waals surface area contributed by atoms with E-state index in [4.69, 9.17) is 4.74 Å². The molecule has 0 aromatic heterocycles. The van der Waals surface area contributed by atoms with E-state index in [1.54, 1.807) is 0 Å². The van der Waals surface area contributed by atoms with Crippen molar-refractivity contribution < 1.29 is 19.1 Å². The van der Waals surface area contributed by atoms with E-state index < -0.39 is 17.6 Å². The average molecular weight is 257 g/mol. The minimum absolute atomic E-state index is 0.0415. The van der Waals surface area contributed by atoms with Crippen LogP contribution >= 0.6 is 0 Å². The third-order valence-electron chi connectivity index (χ3n) is 3.22. The maximum Gasteiger partial charge on any atom is 0.407 e. The quantitative estimate of drug-likeness (QED) is 0.836. The topological polar surface area (TPSA) is 64.6 Å². The highest BCUT2D eigenvalue weighted by Crippen LogP contribution is 2.26. The highest BCUT2D eigenvalue weighted by atomic mass is 16.5. The zero-order valence-electron chi connectivity index (χ0n) is 11.6. The fourth-order valence-electron chi connectivity index (χ4n) is 2.10. The number of Topliss-reactive ketones (excluding diaryl/α,β-unsaturated/α-hetero) is 1. The standard InChI is InChI=1S/C13H23NO4/c1-13(2,3)11(15)10(14-12(16)17-4)9-5-7-18-8-6-9/h9-10H,5-8H2,1-4H3,(H,14,16). The van der Waals surface area contributed by atoms with E-state index in [0.29, 0.717) is 13.2 Å². The van der Waals surface area contributed by atoms with Gasteiger partial charge in [0.2, 0.25) is 0 Å². The third-order valence-corrected chi connectivity index (χ3v) is 3.22. The van der Waals surface area contributed by atoms with Crippen LogP contribution in [0.2, 0.25) is 0 Å². The average Bonchev–Trinajstić information content (AvgIpc) is 2.34. The lowest BCUT2D eigenvalue weighted by Gasteiger charge is -2.33. The molecule has 1 aliphatic heterocycles. The van der Waals surface area contributed by atoms with E-state index in [1.807, 2.05) is 20.8 Å². The van der Waals surface area contributed by atoms with E-state index in [9.17, 15) is 9.59 Å². The van der Waals surface area contributed by atoms with Crippen molar-refractivity contribution >= 4 is 11.9 Å². The van der Waals surface area contributed by atoms with E-state index in [2.05, 4.69) is 10.1 Å². The van der Waals surface area contributed by atoms with Crippen LogP contribution in [0, 0.1) is 11.3 Å². The molecule has 1 fully saturated rings. The SMILES string of the molecule is COC(=O)NC(C(=O)C(C)(C)C)C1CCOCC1. The molecule has 1 amide bonds. The van der Waals surface area contributed by atoms with Gasteiger partial charge in [-0.1, -0.05) is 20.8 Å². The largest absolute Gasteiger partial charge is 0.453 e. The Morgan fingerprint density at radius 3 is 2.28 bits per heavy atom. The number of rotatable bonds is 3. The summed E-state index contributed by atoms with van der Waals surface area (Å²) in [6.07, 6.45) is 1.02. The Balaban J connectivity index is 2.79. The molecule has 0 saturated carbocycles. The van der Waals surface area contributed by atoms with Crippen LogP contribution in [-0.4, -0.2) is 38.2 Å². The van der Waals surface area contributed by atoms with Gasteiger partial charge in [-0.15, -0.1) is 0 Å². The predicted molar refractivity (Wildman–Crippen MR) is 67.3 cm³/mol. The molecule has 0 aliphatic carbocycles. The molecule has 1 saturated heterocycles. The van der Waals surface area contributed by atoms with Crippen LogP contribution in [0.1, 0.15) is 33.6 Å². The molecule has 1 rings (SSSR count). The molecular formula is C13H23NO4. The van der Waals surface area contributed by atoms with Gasteiger partial charge < -0.3 is 14.8 Å². The molecule has 1 aliphatic rings. The molecule has 0 spiro atoms. The van der Waals surface area contributed by atoms with Gasteiger partial charge in [0, 0.05) is 18.6 Å². The van der Waals surface area contributed by atoms with Gasteiger partial charge in [0.1, 0.15) is 0 Å². The fraction of sp³-hybridized carbons (Fsp3) is 0.846. The first kappa shape index (κ1) is 15.0. The van der Waals surface area contributed by atoms with Crippen LogP contribution in [0.5, 0.6) is 0 Å². The Morgan fingerprint density at radius 2 is 1.83 bits per heavy atom. The third kappa shape index (κ3) is 3.98. The Bertz CT molecular complexity index is 303. The first-order valence-electron chi connectivity index (χ1n) is 6.33. The Kier molecular flexibility index (Phi) is 5.14. The smallest absolute Gasteiger partial charge is 0.407 e. The number of alkyl carbamates (subject to hydrolysis) is 1. The van der Waals surface area contributed by atoms with Crippen molar-refractivity contribution in [1.29, 1.82) is 0 Å². The molecule has 1 atom stereocenters. The van der Waals surface area contributed by atoms with E-state index in [0.717, 1.165) is 12.8 Å². The predicted octanol–water partition coefficient (Wildman–Crippen LogP) is 1.75. The van der Waals surface area contributed by atoms with Crippen LogP contribution in [0.3, 0.4) is 0 Å². The number of nitrogens with one attached hydrogen (secondary N) is 1. The number of ketones is 1. The summed E-state index contributed by atoms with van der Waals surface area (Å²) < 4.78 is 9.89. The number of hydrogen-bond donors (Lipinski definition) is 1. The highest BCUT2D eigenvalue weighted by Gasteiger charge is 2.37. The van der Waals surface area contributed by atoms with Crippen LogP contribution in [0.4, 0.5) is 4.79 Å². The summed E-state index contributed by atoms with van der Waals surface area (Å²) in [6.45, 7) is 6.87. The number of methoxy groups -OCH3 is 1. The second-order valence-corrected chi connectivity index (χ2v) is 5.68.